The van der Waals surface area contributed by atoms with Gasteiger partial charge >= 0.3 is 0 Å². The second-order valence-electron chi connectivity index (χ2n) is 5.12. The van der Waals surface area contributed by atoms with Gasteiger partial charge in [-0.2, -0.15) is 0 Å². The van der Waals surface area contributed by atoms with Crippen LogP contribution in [0.3, 0.4) is 0 Å². The van der Waals surface area contributed by atoms with E-state index in [1.807, 2.05) is 6.92 Å². The third-order valence-corrected chi connectivity index (χ3v) is 4.36. The van der Waals surface area contributed by atoms with Gasteiger partial charge < -0.3 is 14.6 Å². The van der Waals surface area contributed by atoms with Crippen molar-refractivity contribution in [3.63, 3.8) is 0 Å². The van der Waals surface area contributed by atoms with Crippen molar-refractivity contribution in [2.45, 2.75) is 57.5 Å². The second-order valence-corrected chi connectivity index (χ2v) is 5.12. The third-order valence-electron chi connectivity index (χ3n) is 4.36. The molecule has 2 fully saturated rings. The predicted molar refractivity (Wildman–Crippen MR) is 53.1 cm³/mol. The molecule has 14 heavy (non-hydrogen) atoms. The van der Waals surface area contributed by atoms with E-state index in [-0.39, 0.29) is 23.7 Å². The van der Waals surface area contributed by atoms with E-state index in [1.54, 1.807) is 7.11 Å². The lowest BCUT2D eigenvalue weighted by atomic mass is 9.72. The van der Waals surface area contributed by atoms with Crippen LogP contribution in [0.5, 0.6) is 0 Å². The molecular weight excluding hydrogens is 180 g/mol. The molecular formula is C11H20O3. The highest BCUT2D eigenvalue weighted by Crippen LogP contribution is 2.54. The van der Waals surface area contributed by atoms with Gasteiger partial charge in [-0.25, -0.2) is 0 Å². The lowest BCUT2D eigenvalue weighted by Gasteiger charge is -2.36. The molecule has 4 atom stereocenters. The van der Waals surface area contributed by atoms with Crippen molar-refractivity contribution < 1.29 is 14.6 Å². The second kappa shape index (κ2) is 2.94. The average molecular weight is 202 g/mol. The fourth-order valence-corrected chi connectivity index (χ4v) is 2.81. The standard InChI is InChI=1S/C11H20O3/c1-7-10(2,3)11(12)6-5-8(13-4)9(11)14-7/h7-9,12H,5-6H2,1-4H3/t7?,8?,9-,11?/m0/s1/i12T. The summed E-state index contributed by atoms with van der Waals surface area (Å²) in [4.78, 5) is 0. The number of fused-ring (bicyclic) bond motifs is 1. The number of aliphatic hydroxyl groups is 1. The molecule has 1 saturated carbocycles. The van der Waals surface area contributed by atoms with Gasteiger partial charge in [0, 0.05) is 12.5 Å². The van der Waals surface area contributed by atoms with Gasteiger partial charge in [0.05, 0.1) is 12.2 Å². The first kappa shape index (κ1) is 9.13. The molecule has 82 valence electrons. The van der Waals surface area contributed by atoms with E-state index in [4.69, 9.17) is 16.0 Å². The summed E-state index contributed by atoms with van der Waals surface area (Å²) >= 11 is 0. The van der Waals surface area contributed by atoms with Gasteiger partial charge in [0.15, 0.2) is 0 Å². The molecule has 1 aliphatic heterocycles. The van der Waals surface area contributed by atoms with E-state index < -0.39 is 5.60 Å². The Morgan fingerprint density at radius 2 is 2.29 bits per heavy atom. The van der Waals surface area contributed by atoms with E-state index in [0.29, 0.717) is 0 Å². The lowest BCUT2D eigenvalue weighted by molar-refractivity contribution is -0.0884. The molecule has 2 aliphatic rings. The largest absolute Gasteiger partial charge is 0.386 e. The van der Waals surface area contributed by atoms with Crippen molar-refractivity contribution in [1.82, 2.24) is 0 Å². The summed E-state index contributed by atoms with van der Waals surface area (Å²) < 4.78 is 18.7. The van der Waals surface area contributed by atoms with Crippen molar-refractivity contribution >= 4 is 0 Å². The van der Waals surface area contributed by atoms with E-state index >= 15 is 0 Å². The summed E-state index contributed by atoms with van der Waals surface area (Å²) in [5, 5.41) is 5.09. The lowest BCUT2D eigenvalue weighted by Crippen LogP contribution is -2.48. The maximum atomic E-state index is 7.39. The molecule has 0 bridgehead atoms. The molecule has 0 aromatic carbocycles. The Labute approximate surface area is 86.9 Å². The predicted octanol–water partition coefficient (Wildman–Crippen LogP) is 1.34. The number of hydrogen-bond donors (Lipinski definition) is 1. The first-order valence-corrected chi connectivity index (χ1v) is 5.32. The monoisotopic (exact) mass is 202 g/mol. The fourth-order valence-electron chi connectivity index (χ4n) is 2.81. The number of methoxy groups -OCH3 is 1. The van der Waals surface area contributed by atoms with Crippen LogP contribution in [0.25, 0.3) is 0 Å². The highest BCUT2D eigenvalue weighted by atomic mass is 16.6. The molecule has 0 aromatic heterocycles. The summed E-state index contributed by atoms with van der Waals surface area (Å²) in [6, 6.07) is 0. The maximum Gasteiger partial charge on any atom is 0.211 e. The minimum absolute atomic E-state index is 0.0691. The van der Waals surface area contributed by atoms with Crippen LogP contribution in [0.15, 0.2) is 0 Å². The highest BCUT2D eigenvalue weighted by molar-refractivity contribution is 5.13. The molecule has 3 nitrogen and oxygen atoms in total. The Morgan fingerprint density at radius 3 is 2.86 bits per heavy atom. The number of rotatable bonds is 2. The van der Waals surface area contributed by atoms with Gasteiger partial charge in [-0.15, -0.1) is 0 Å². The van der Waals surface area contributed by atoms with Crippen LogP contribution in [0.1, 0.15) is 33.6 Å². The molecule has 1 saturated heterocycles. The van der Waals surface area contributed by atoms with Gasteiger partial charge in [0.25, 0.3) is 0 Å². The zero-order valence-corrected chi connectivity index (χ0v) is 9.37. The SMILES string of the molecule is [3H]OC12CCC(OC)[C@@H]1OC(C)C2(C)C. The van der Waals surface area contributed by atoms with Gasteiger partial charge in [-0.05, 0) is 19.8 Å². The third kappa shape index (κ3) is 1.03. The molecule has 1 N–H and O–H groups in total. The molecule has 2 rings (SSSR count). The summed E-state index contributed by atoms with van der Waals surface area (Å²) in [5.74, 6) is 0. The van der Waals surface area contributed by atoms with E-state index in [9.17, 15) is 0 Å². The minimum atomic E-state index is -0.493. The molecule has 0 radical (unpaired) electrons. The Kier molecular flexibility index (Phi) is 1.92. The van der Waals surface area contributed by atoms with Crippen molar-refractivity contribution in [2.24, 2.45) is 5.41 Å². The van der Waals surface area contributed by atoms with Crippen LogP contribution in [0.4, 0.5) is 0 Å². The highest BCUT2D eigenvalue weighted by Gasteiger charge is 2.64. The van der Waals surface area contributed by atoms with Gasteiger partial charge in [0.1, 0.15) is 11.7 Å². The van der Waals surface area contributed by atoms with Gasteiger partial charge in [-0.3, -0.25) is 0 Å². The van der Waals surface area contributed by atoms with Crippen molar-refractivity contribution in [1.29, 1.82) is 1.43 Å². The average Bonchev–Trinajstić information content (AvgIpc) is 2.64. The summed E-state index contributed by atoms with van der Waals surface area (Å²) in [7, 11) is 1.70. The van der Waals surface area contributed by atoms with Crippen molar-refractivity contribution in [2.75, 3.05) is 7.11 Å². The quantitative estimate of drug-likeness (QED) is 0.734. The van der Waals surface area contributed by atoms with Crippen LogP contribution in [-0.4, -0.2) is 37.6 Å². The van der Waals surface area contributed by atoms with Crippen LogP contribution in [0, 0.1) is 5.41 Å². The van der Waals surface area contributed by atoms with E-state index in [0.717, 1.165) is 12.8 Å². The molecule has 0 aromatic rings. The maximum absolute atomic E-state index is 7.39. The molecule has 0 amide bonds. The zero-order valence-electron chi connectivity index (χ0n) is 10.4. The van der Waals surface area contributed by atoms with E-state index in [1.165, 1.54) is 0 Å². The zero-order chi connectivity index (χ0) is 11.3. The Hall–Kier alpha value is -0.120. The van der Waals surface area contributed by atoms with Crippen LogP contribution < -0.4 is 0 Å². The first-order chi connectivity index (χ1) is 6.99. The molecule has 1 heterocycles. The summed E-state index contributed by atoms with van der Waals surface area (Å²) in [6.07, 6.45) is 1.84. The Bertz CT molecular complexity index is 256. The van der Waals surface area contributed by atoms with Crippen LogP contribution >= 0.6 is 0 Å². The Balaban J connectivity index is 2.35. The first-order valence-electron chi connectivity index (χ1n) is 5.73. The van der Waals surface area contributed by atoms with Crippen LogP contribution in [0.2, 0.25) is 0 Å². The van der Waals surface area contributed by atoms with E-state index in [2.05, 4.69) is 13.8 Å². The number of ether oxygens (including phenoxy) is 2. The fraction of sp³-hybridized carbons (Fsp3) is 1.00. The normalized spacial score (nSPS) is 51.7. The summed E-state index contributed by atoms with van der Waals surface area (Å²) in [5.41, 5.74) is -0.625. The van der Waals surface area contributed by atoms with Crippen molar-refractivity contribution in [3.8, 4) is 0 Å². The molecule has 3 heteroatoms. The Morgan fingerprint density at radius 1 is 1.57 bits per heavy atom. The van der Waals surface area contributed by atoms with Crippen molar-refractivity contribution in [3.05, 3.63) is 0 Å². The smallest absolute Gasteiger partial charge is 0.211 e. The topological polar surface area (TPSA) is 38.7 Å². The molecule has 0 spiro atoms. The molecule has 1 aliphatic carbocycles. The van der Waals surface area contributed by atoms with Crippen LogP contribution in [-0.2, 0) is 9.47 Å². The van der Waals surface area contributed by atoms with Gasteiger partial charge in [0.2, 0.25) is 1.43 Å². The van der Waals surface area contributed by atoms with Gasteiger partial charge in [-0.1, -0.05) is 13.8 Å². The number of hydrogen-bond acceptors (Lipinski definition) is 3. The molecule has 3 unspecified atom stereocenters. The summed E-state index contributed by atoms with van der Waals surface area (Å²) in [6.45, 7) is 6.28. The minimum Gasteiger partial charge on any atom is -0.386 e.